The molecule has 29 heavy (non-hydrogen) atoms. The molecule has 4 aromatic rings. The monoisotopic (exact) mass is 488 g/mol. The minimum atomic E-state index is -3.92. The van der Waals surface area contributed by atoms with Gasteiger partial charge in [-0.2, -0.15) is 4.98 Å². The lowest BCUT2D eigenvalue weighted by Crippen LogP contribution is -2.05. The number of nitrogens with one attached hydrogen (secondary N) is 1. The van der Waals surface area contributed by atoms with Gasteiger partial charge in [-0.15, -0.1) is 0 Å². The van der Waals surface area contributed by atoms with Crippen LogP contribution in [0, 0.1) is 0 Å². The molecule has 5 nitrogen and oxygen atoms in total. The van der Waals surface area contributed by atoms with E-state index in [-0.39, 0.29) is 21.7 Å². The Kier molecular flexibility index (Phi) is 5.45. The van der Waals surface area contributed by atoms with E-state index in [9.17, 15) is 8.42 Å². The van der Waals surface area contributed by atoms with Crippen molar-refractivity contribution in [2.45, 2.75) is 9.92 Å². The SMILES string of the molecule is O=S(=O)(c1ccc(Br)cc1)c1nc(-c2ccc(Cl)cc2)oc1Nc1ccccc1. The van der Waals surface area contributed by atoms with Crippen LogP contribution in [0.25, 0.3) is 11.5 Å². The molecule has 0 bridgehead atoms. The number of nitrogens with zero attached hydrogens (tertiary/aromatic N) is 1. The highest BCUT2D eigenvalue weighted by Crippen LogP contribution is 2.34. The fourth-order valence-corrected chi connectivity index (χ4v) is 4.31. The standard InChI is InChI=1S/C21H14BrClN2O3S/c22-15-8-12-18(13-9-15)29(26,27)21-20(24-17-4-2-1-3-5-17)28-19(25-21)14-6-10-16(23)11-7-14/h1-13,24H. The molecule has 1 heterocycles. The lowest BCUT2D eigenvalue weighted by molar-refractivity contribution is 0.582. The van der Waals surface area contributed by atoms with Crippen LogP contribution in [-0.4, -0.2) is 13.4 Å². The Morgan fingerprint density at radius 2 is 1.55 bits per heavy atom. The van der Waals surface area contributed by atoms with Crippen molar-refractivity contribution in [2.24, 2.45) is 0 Å². The Hall–Kier alpha value is -2.61. The molecule has 8 heteroatoms. The van der Waals surface area contributed by atoms with E-state index < -0.39 is 9.84 Å². The number of hydrogen-bond acceptors (Lipinski definition) is 5. The molecule has 0 aliphatic rings. The predicted octanol–water partition coefficient (Wildman–Crippen LogP) is 6.33. The number of hydrogen-bond donors (Lipinski definition) is 1. The molecule has 1 aromatic heterocycles. The number of anilines is 2. The third-order valence-corrected chi connectivity index (χ3v) is 6.56. The Bertz CT molecular complexity index is 1240. The van der Waals surface area contributed by atoms with Crippen molar-refractivity contribution >= 4 is 48.9 Å². The van der Waals surface area contributed by atoms with Gasteiger partial charge in [0.05, 0.1) is 4.90 Å². The zero-order valence-electron chi connectivity index (χ0n) is 14.8. The minimum Gasteiger partial charge on any atom is -0.419 e. The number of halogens is 2. The summed E-state index contributed by atoms with van der Waals surface area (Å²) in [5.74, 6) is 0.222. The van der Waals surface area contributed by atoms with Crippen molar-refractivity contribution in [3.05, 3.63) is 88.4 Å². The number of sulfone groups is 1. The van der Waals surface area contributed by atoms with E-state index in [4.69, 9.17) is 16.0 Å². The molecule has 0 unspecified atom stereocenters. The number of para-hydroxylation sites is 1. The van der Waals surface area contributed by atoms with E-state index in [1.54, 1.807) is 48.5 Å². The molecular weight excluding hydrogens is 476 g/mol. The van der Waals surface area contributed by atoms with Crippen LogP contribution in [0.2, 0.25) is 5.02 Å². The first-order valence-corrected chi connectivity index (χ1v) is 11.2. The average molecular weight is 490 g/mol. The van der Waals surface area contributed by atoms with Crippen molar-refractivity contribution < 1.29 is 12.8 Å². The lowest BCUT2D eigenvalue weighted by atomic mass is 10.2. The van der Waals surface area contributed by atoms with Crippen LogP contribution in [0.5, 0.6) is 0 Å². The van der Waals surface area contributed by atoms with Gasteiger partial charge in [0.25, 0.3) is 0 Å². The van der Waals surface area contributed by atoms with Crippen LogP contribution in [0.4, 0.5) is 11.6 Å². The van der Waals surface area contributed by atoms with E-state index in [0.29, 0.717) is 16.3 Å². The third-order valence-electron chi connectivity index (χ3n) is 4.10. The first-order chi connectivity index (χ1) is 13.9. The summed E-state index contributed by atoms with van der Waals surface area (Å²) >= 11 is 9.26. The van der Waals surface area contributed by atoms with Crippen LogP contribution in [-0.2, 0) is 9.84 Å². The van der Waals surface area contributed by atoms with Gasteiger partial charge in [-0.05, 0) is 60.7 Å². The van der Waals surface area contributed by atoms with Crippen molar-refractivity contribution in [1.29, 1.82) is 0 Å². The van der Waals surface area contributed by atoms with Gasteiger partial charge in [0, 0.05) is 20.7 Å². The van der Waals surface area contributed by atoms with Crippen molar-refractivity contribution in [2.75, 3.05) is 5.32 Å². The summed E-state index contributed by atoms with van der Waals surface area (Å²) < 4.78 is 33.1. The average Bonchev–Trinajstić information content (AvgIpc) is 3.14. The van der Waals surface area contributed by atoms with E-state index in [1.807, 2.05) is 18.2 Å². The summed E-state index contributed by atoms with van der Waals surface area (Å²) in [6.45, 7) is 0. The summed E-state index contributed by atoms with van der Waals surface area (Å²) in [7, 11) is -3.92. The van der Waals surface area contributed by atoms with Crippen LogP contribution in [0.1, 0.15) is 0 Å². The molecule has 0 spiro atoms. The highest BCUT2D eigenvalue weighted by Gasteiger charge is 2.28. The van der Waals surface area contributed by atoms with Crippen LogP contribution >= 0.6 is 27.5 Å². The third kappa shape index (κ3) is 4.22. The lowest BCUT2D eigenvalue weighted by Gasteiger charge is -2.06. The molecule has 0 saturated heterocycles. The second kappa shape index (κ2) is 8.02. The molecular formula is C21H14BrClN2O3S. The molecule has 0 aliphatic carbocycles. The fourth-order valence-electron chi connectivity index (χ4n) is 2.66. The minimum absolute atomic E-state index is 0.0454. The second-order valence-electron chi connectivity index (χ2n) is 6.11. The number of rotatable bonds is 5. The molecule has 3 aromatic carbocycles. The van der Waals surface area contributed by atoms with Gasteiger partial charge >= 0.3 is 0 Å². The van der Waals surface area contributed by atoms with Gasteiger partial charge in [-0.1, -0.05) is 45.7 Å². The van der Waals surface area contributed by atoms with E-state index in [1.165, 1.54) is 12.1 Å². The summed E-state index contributed by atoms with van der Waals surface area (Å²) in [5.41, 5.74) is 1.29. The maximum atomic E-state index is 13.3. The van der Waals surface area contributed by atoms with Gasteiger partial charge in [-0.25, -0.2) is 8.42 Å². The van der Waals surface area contributed by atoms with Gasteiger partial charge < -0.3 is 9.73 Å². The van der Waals surface area contributed by atoms with Gasteiger partial charge in [0.2, 0.25) is 26.6 Å². The van der Waals surface area contributed by atoms with Crippen LogP contribution < -0.4 is 5.32 Å². The van der Waals surface area contributed by atoms with Gasteiger partial charge in [-0.3, -0.25) is 0 Å². The first-order valence-electron chi connectivity index (χ1n) is 8.53. The Labute approximate surface area is 181 Å². The van der Waals surface area contributed by atoms with Crippen molar-refractivity contribution in [3.8, 4) is 11.5 Å². The van der Waals surface area contributed by atoms with Crippen LogP contribution in [0.15, 0.2) is 97.7 Å². The number of oxazole rings is 1. The molecule has 0 fully saturated rings. The topological polar surface area (TPSA) is 72.2 Å². The normalized spacial score (nSPS) is 11.4. The predicted molar refractivity (Wildman–Crippen MR) is 116 cm³/mol. The van der Waals surface area contributed by atoms with Crippen molar-refractivity contribution in [3.63, 3.8) is 0 Å². The maximum Gasteiger partial charge on any atom is 0.238 e. The smallest absolute Gasteiger partial charge is 0.238 e. The summed E-state index contributed by atoms with van der Waals surface area (Å²) in [6, 6.07) is 22.3. The maximum absolute atomic E-state index is 13.3. The Morgan fingerprint density at radius 1 is 0.897 bits per heavy atom. The Balaban J connectivity index is 1.84. The Morgan fingerprint density at radius 3 is 2.21 bits per heavy atom. The molecule has 0 radical (unpaired) electrons. The zero-order chi connectivity index (χ0) is 20.4. The summed E-state index contributed by atoms with van der Waals surface area (Å²) in [6.07, 6.45) is 0. The zero-order valence-corrected chi connectivity index (χ0v) is 18.0. The summed E-state index contributed by atoms with van der Waals surface area (Å²) in [5, 5.41) is 3.39. The summed E-state index contributed by atoms with van der Waals surface area (Å²) in [4.78, 5) is 4.42. The first kappa shape index (κ1) is 19.7. The molecule has 0 atom stereocenters. The van der Waals surface area contributed by atoms with Crippen molar-refractivity contribution in [1.82, 2.24) is 4.98 Å². The quantitative estimate of drug-likeness (QED) is 0.354. The van der Waals surface area contributed by atoms with Gasteiger partial charge in [0.15, 0.2) is 0 Å². The second-order valence-corrected chi connectivity index (χ2v) is 9.33. The van der Waals surface area contributed by atoms with Crippen LogP contribution in [0.3, 0.4) is 0 Å². The molecule has 0 aliphatic heterocycles. The van der Waals surface area contributed by atoms with Gasteiger partial charge in [0.1, 0.15) is 0 Å². The molecule has 0 amide bonds. The molecule has 0 saturated carbocycles. The molecule has 146 valence electrons. The molecule has 4 rings (SSSR count). The van der Waals surface area contributed by atoms with E-state index in [2.05, 4.69) is 26.2 Å². The van der Waals surface area contributed by atoms with E-state index >= 15 is 0 Å². The fraction of sp³-hybridized carbons (Fsp3) is 0. The largest absolute Gasteiger partial charge is 0.419 e. The molecule has 1 N–H and O–H groups in total. The highest BCUT2D eigenvalue weighted by molar-refractivity contribution is 9.10. The van der Waals surface area contributed by atoms with E-state index in [0.717, 1.165) is 4.47 Å². The number of benzene rings is 3. The number of aromatic nitrogens is 1. The highest BCUT2D eigenvalue weighted by atomic mass is 79.9.